The van der Waals surface area contributed by atoms with E-state index in [0.717, 1.165) is 57.9 Å². The Bertz CT molecular complexity index is 342. The van der Waals surface area contributed by atoms with Crippen molar-refractivity contribution in [2.75, 3.05) is 26.4 Å². The Balaban J connectivity index is 2.09. The predicted octanol–water partition coefficient (Wildman–Crippen LogP) is 3.77. The molecule has 3 heteroatoms. The second-order valence-electron chi connectivity index (χ2n) is 4.99. The van der Waals surface area contributed by atoms with Crippen molar-refractivity contribution in [2.24, 2.45) is 0 Å². The molecule has 0 heterocycles. The van der Waals surface area contributed by atoms with Gasteiger partial charge in [-0.15, -0.1) is 0 Å². The molecular weight excluding hydrogens is 250 g/mol. The minimum Gasteiger partial charge on any atom is -0.494 e. The van der Waals surface area contributed by atoms with E-state index in [0.29, 0.717) is 0 Å². The summed E-state index contributed by atoms with van der Waals surface area (Å²) in [6.07, 6.45) is 4.48. The van der Waals surface area contributed by atoms with Gasteiger partial charge in [0.1, 0.15) is 5.75 Å². The SMILES string of the molecule is CCCCOCCCNCc1cccc(OCCC)c1. The summed E-state index contributed by atoms with van der Waals surface area (Å²) >= 11 is 0. The van der Waals surface area contributed by atoms with Crippen LogP contribution in [-0.2, 0) is 11.3 Å². The van der Waals surface area contributed by atoms with Crippen molar-refractivity contribution in [3.05, 3.63) is 29.8 Å². The molecule has 1 aromatic rings. The number of unbranched alkanes of at least 4 members (excludes halogenated alkanes) is 1. The number of ether oxygens (including phenoxy) is 2. The Hall–Kier alpha value is -1.06. The molecule has 0 aliphatic rings. The highest BCUT2D eigenvalue weighted by Gasteiger charge is 1.97. The van der Waals surface area contributed by atoms with E-state index in [1.54, 1.807) is 0 Å². The Morgan fingerprint density at radius 3 is 2.65 bits per heavy atom. The molecule has 0 aliphatic carbocycles. The van der Waals surface area contributed by atoms with Crippen molar-refractivity contribution < 1.29 is 9.47 Å². The first-order valence-electron chi connectivity index (χ1n) is 7.87. The fourth-order valence-electron chi connectivity index (χ4n) is 1.85. The van der Waals surface area contributed by atoms with E-state index >= 15 is 0 Å². The van der Waals surface area contributed by atoms with E-state index in [4.69, 9.17) is 9.47 Å². The monoisotopic (exact) mass is 279 g/mol. The van der Waals surface area contributed by atoms with Crippen molar-refractivity contribution in [1.82, 2.24) is 5.32 Å². The van der Waals surface area contributed by atoms with Crippen LogP contribution in [0.1, 0.15) is 45.1 Å². The summed E-state index contributed by atoms with van der Waals surface area (Å²) < 4.78 is 11.2. The van der Waals surface area contributed by atoms with Crippen molar-refractivity contribution in [2.45, 2.75) is 46.1 Å². The summed E-state index contributed by atoms with van der Waals surface area (Å²) in [5, 5.41) is 3.44. The minimum atomic E-state index is 0.784. The van der Waals surface area contributed by atoms with Crippen LogP contribution in [0.4, 0.5) is 0 Å². The van der Waals surface area contributed by atoms with E-state index < -0.39 is 0 Å². The van der Waals surface area contributed by atoms with Gasteiger partial charge < -0.3 is 14.8 Å². The molecule has 0 spiro atoms. The number of nitrogens with one attached hydrogen (secondary N) is 1. The van der Waals surface area contributed by atoms with Crippen molar-refractivity contribution in [3.8, 4) is 5.75 Å². The van der Waals surface area contributed by atoms with E-state index in [1.165, 1.54) is 12.0 Å². The number of benzene rings is 1. The highest BCUT2D eigenvalue weighted by Crippen LogP contribution is 2.13. The smallest absolute Gasteiger partial charge is 0.119 e. The lowest BCUT2D eigenvalue weighted by Gasteiger charge is -2.08. The van der Waals surface area contributed by atoms with Crippen LogP contribution in [0.3, 0.4) is 0 Å². The first-order valence-corrected chi connectivity index (χ1v) is 7.87. The summed E-state index contributed by atoms with van der Waals surface area (Å²) in [6, 6.07) is 8.31. The summed E-state index contributed by atoms with van der Waals surface area (Å²) in [5.41, 5.74) is 1.27. The summed E-state index contributed by atoms with van der Waals surface area (Å²) in [7, 11) is 0. The van der Waals surface area contributed by atoms with Crippen molar-refractivity contribution in [1.29, 1.82) is 0 Å². The van der Waals surface area contributed by atoms with Gasteiger partial charge in [0.25, 0.3) is 0 Å². The average molecular weight is 279 g/mol. The molecule has 0 amide bonds. The van der Waals surface area contributed by atoms with Crippen molar-refractivity contribution >= 4 is 0 Å². The molecule has 0 unspecified atom stereocenters. The maximum Gasteiger partial charge on any atom is 0.119 e. The van der Waals surface area contributed by atoms with E-state index in [1.807, 2.05) is 6.07 Å². The Labute approximate surface area is 123 Å². The van der Waals surface area contributed by atoms with Crippen LogP contribution >= 0.6 is 0 Å². The van der Waals surface area contributed by atoms with Crippen LogP contribution in [0.15, 0.2) is 24.3 Å². The zero-order valence-corrected chi connectivity index (χ0v) is 13.0. The zero-order chi connectivity index (χ0) is 14.5. The van der Waals surface area contributed by atoms with Gasteiger partial charge in [-0.2, -0.15) is 0 Å². The maximum atomic E-state index is 5.63. The van der Waals surface area contributed by atoms with Gasteiger partial charge in [-0.05, 0) is 43.5 Å². The second-order valence-corrected chi connectivity index (χ2v) is 4.99. The highest BCUT2D eigenvalue weighted by molar-refractivity contribution is 5.28. The third-order valence-electron chi connectivity index (χ3n) is 2.98. The summed E-state index contributed by atoms with van der Waals surface area (Å²) in [6.45, 7) is 8.72. The standard InChI is InChI=1S/C17H29NO2/c1-3-5-12-19-13-7-10-18-15-16-8-6-9-17(14-16)20-11-4-2/h6,8-9,14,18H,3-5,7,10-13,15H2,1-2H3. The molecule has 0 saturated carbocycles. The van der Waals surface area contributed by atoms with Gasteiger partial charge in [0.15, 0.2) is 0 Å². The topological polar surface area (TPSA) is 30.5 Å². The lowest BCUT2D eigenvalue weighted by Crippen LogP contribution is -2.16. The third-order valence-corrected chi connectivity index (χ3v) is 2.98. The molecule has 0 radical (unpaired) electrons. The predicted molar refractivity (Wildman–Crippen MR) is 84.3 cm³/mol. The second kappa shape index (κ2) is 11.7. The quantitative estimate of drug-likeness (QED) is 0.591. The van der Waals surface area contributed by atoms with E-state index in [-0.39, 0.29) is 0 Å². The zero-order valence-electron chi connectivity index (χ0n) is 13.0. The van der Waals surface area contributed by atoms with Gasteiger partial charge in [-0.25, -0.2) is 0 Å². The normalized spacial score (nSPS) is 10.7. The molecule has 20 heavy (non-hydrogen) atoms. The van der Waals surface area contributed by atoms with E-state index in [2.05, 4.69) is 37.4 Å². The van der Waals surface area contributed by atoms with Gasteiger partial charge in [0, 0.05) is 19.8 Å². The number of hydrogen-bond donors (Lipinski definition) is 1. The van der Waals surface area contributed by atoms with Crippen LogP contribution in [0.2, 0.25) is 0 Å². The summed E-state index contributed by atoms with van der Waals surface area (Å²) in [5.74, 6) is 0.967. The molecule has 0 atom stereocenters. The molecular formula is C17H29NO2. The fourth-order valence-corrected chi connectivity index (χ4v) is 1.85. The number of rotatable bonds is 12. The van der Waals surface area contributed by atoms with Crippen LogP contribution < -0.4 is 10.1 Å². The molecule has 3 nitrogen and oxygen atoms in total. The van der Waals surface area contributed by atoms with Gasteiger partial charge in [0.2, 0.25) is 0 Å². The molecule has 1 rings (SSSR count). The first-order chi connectivity index (χ1) is 9.86. The van der Waals surface area contributed by atoms with E-state index in [9.17, 15) is 0 Å². The Morgan fingerprint density at radius 2 is 1.85 bits per heavy atom. The molecule has 0 saturated heterocycles. The van der Waals surface area contributed by atoms with Crippen LogP contribution in [0, 0.1) is 0 Å². The summed E-state index contributed by atoms with van der Waals surface area (Å²) in [4.78, 5) is 0. The lowest BCUT2D eigenvalue weighted by atomic mass is 10.2. The maximum absolute atomic E-state index is 5.63. The molecule has 114 valence electrons. The fraction of sp³-hybridized carbons (Fsp3) is 0.647. The molecule has 0 bridgehead atoms. The van der Waals surface area contributed by atoms with Gasteiger partial charge in [-0.1, -0.05) is 32.4 Å². The molecule has 0 aromatic heterocycles. The third kappa shape index (κ3) is 8.18. The largest absolute Gasteiger partial charge is 0.494 e. The minimum absolute atomic E-state index is 0.784. The molecule has 1 N–H and O–H groups in total. The van der Waals surface area contributed by atoms with Crippen molar-refractivity contribution in [3.63, 3.8) is 0 Å². The highest BCUT2D eigenvalue weighted by atomic mass is 16.5. The van der Waals surface area contributed by atoms with Gasteiger partial charge >= 0.3 is 0 Å². The van der Waals surface area contributed by atoms with Crippen LogP contribution in [0.5, 0.6) is 5.75 Å². The van der Waals surface area contributed by atoms with Gasteiger partial charge in [-0.3, -0.25) is 0 Å². The molecule has 0 fully saturated rings. The Morgan fingerprint density at radius 1 is 1.00 bits per heavy atom. The Kier molecular flexibility index (Phi) is 9.98. The van der Waals surface area contributed by atoms with Crippen LogP contribution in [-0.4, -0.2) is 26.4 Å². The first kappa shape index (κ1) is 17.0. The molecule has 0 aliphatic heterocycles. The molecule has 1 aromatic carbocycles. The van der Waals surface area contributed by atoms with Crippen LogP contribution in [0.25, 0.3) is 0 Å². The average Bonchev–Trinajstić information content (AvgIpc) is 2.48. The van der Waals surface area contributed by atoms with Gasteiger partial charge in [0.05, 0.1) is 6.61 Å². The number of hydrogen-bond acceptors (Lipinski definition) is 3. The lowest BCUT2D eigenvalue weighted by molar-refractivity contribution is 0.129.